The largest absolute Gasteiger partial charge is 0.324 e. The second-order valence-corrected chi connectivity index (χ2v) is 12.5. The molecule has 0 unspecified atom stereocenters. The second kappa shape index (κ2) is 11.6. The summed E-state index contributed by atoms with van der Waals surface area (Å²) in [6, 6.07) is 56.6. The minimum atomic E-state index is -0.843. The predicted molar refractivity (Wildman–Crippen MR) is 180 cm³/mol. The Morgan fingerprint density at radius 3 is 1.67 bits per heavy atom. The van der Waals surface area contributed by atoms with Crippen molar-refractivity contribution in [3.63, 3.8) is 0 Å². The zero-order chi connectivity index (χ0) is 28.3. The van der Waals surface area contributed by atoms with Crippen LogP contribution in [0, 0.1) is 0 Å². The molecule has 7 rings (SSSR count). The van der Waals surface area contributed by atoms with Gasteiger partial charge in [-0.3, -0.25) is 0 Å². The molecule has 0 N–H and O–H groups in total. The van der Waals surface area contributed by atoms with Crippen molar-refractivity contribution in [1.82, 2.24) is 9.55 Å². The highest BCUT2D eigenvalue weighted by molar-refractivity contribution is 7.80. The summed E-state index contributed by atoms with van der Waals surface area (Å²) in [4.78, 5) is 5.55. The van der Waals surface area contributed by atoms with Gasteiger partial charge in [0.2, 0.25) is 0 Å². The van der Waals surface area contributed by atoms with Crippen LogP contribution < -0.4 is 15.9 Å². The number of hydrogen-bond donors (Lipinski definition) is 0. The molecule has 2 nitrogen and oxygen atoms in total. The maximum atomic E-state index is 5.55. The van der Waals surface area contributed by atoms with Gasteiger partial charge in [-0.05, 0) is 41.5 Å². The molecular weight excluding hydrogens is 527 g/mol. The molecule has 3 heteroatoms. The molecule has 0 atom stereocenters. The number of nitrogens with zero attached hydrogens (tertiary/aromatic N) is 2. The Balaban J connectivity index is 1.59. The van der Waals surface area contributed by atoms with Gasteiger partial charge in [-0.15, -0.1) is 0 Å². The molecule has 7 aromatic rings. The summed E-state index contributed by atoms with van der Waals surface area (Å²) in [6.45, 7) is 3.03. The lowest BCUT2D eigenvalue weighted by Gasteiger charge is -2.24. The van der Waals surface area contributed by atoms with Crippen molar-refractivity contribution >= 4 is 34.6 Å². The van der Waals surface area contributed by atoms with Gasteiger partial charge in [0, 0.05) is 23.2 Å². The number of aromatic nitrogens is 2. The van der Waals surface area contributed by atoms with Gasteiger partial charge < -0.3 is 4.57 Å². The Hall–Kier alpha value is -4.78. The average molecular weight is 559 g/mol. The summed E-state index contributed by atoms with van der Waals surface area (Å²) >= 11 is 0. The number of fused-ring (bicyclic) bond motifs is 1. The molecule has 1 heterocycles. The predicted octanol–water partition coefficient (Wildman–Crippen LogP) is 8.82. The summed E-state index contributed by atoms with van der Waals surface area (Å²) < 4.78 is 2.42. The van der Waals surface area contributed by atoms with Crippen molar-refractivity contribution in [1.29, 1.82) is 0 Å². The second-order valence-electron chi connectivity index (χ2n) is 10.3. The molecule has 0 bridgehead atoms. The van der Waals surface area contributed by atoms with E-state index in [9.17, 15) is 0 Å². The highest BCUT2D eigenvalue weighted by Crippen LogP contribution is 2.43. The molecule has 0 spiro atoms. The number of benzene rings is 6. The SMILES string of the molecule is CCn1c(-c2c(P(c3ccccc3)c3ccccc3)ccc3ccccc23)nc(-c2ccccc2)c1-c1ccccc1. The van der Waals surface area contributed by atoms with E-state index in [-0.39, 0.29) is 0 Å². The lowest BCUT2D eigenvalue weighted by Crippen LogP contribution is -2.23. The van der Waals surface area contributed by atoms with E-state index in [4.69, 9.17) is 4.98 Å². The standard InChI is InChI=1S/C39H31N2P/c1-2-41-38(31-20-9-4-10-21-31)37(30-18-7-3-8-19-30)40-39(41)36-34-26-16-15-17-29(34)27-28-35(36)42(32-22-11-5-12-23-32)33-24-13-6-14-25-33/h3-28H,2H2,1H3. The average Bonchev–Trinajstić information content (AvgIpc) is 3.46. The van der Waals surface area contributed by atoms with E-state index in [0.717, 1.165) is 29.3 Å². The normalized spacial score (nSPS) is 11.3. The van der Waals surface area contributed by atoms with E-state index in [0.29, 0.717) is 0 Å². The molecule has 0 radical (unpaired) electrons. The van der Waals surface area contributed by atoms with Gasteiger partial charge in [0.1, 0.15) is 5.82 Å². The van der Waals surface area contributed by atoms with Crippen LogP contribution in [0.4, 0.5) is 0 Å². The number of rotatable bonds is 7. The first-order valence-electron chi connectivity index (χ1n) is 14.5. The lowest BCUT2D eigenvalue weighted by atomic mass is 10.0. The summed E-state index contributed by atoms with van der Waals surface area (Å²) in [7, 11) is -0.843. The van der Waals surface area contributed by atoms with Crippen LogP contribution in [0.25, 0.3) is 44.7 Å². The maximum absolute atomic E-state index is 5.55. The van der Waals surface area contributed by atoms with Crippen LogP contribution in [0.3, 0.4) is 0 Å². The Bertz CT molecular complexity index is 1910. The Morgan fingerprint density at radius 2 is 1.07 bits per heavy atom. The lowest BCUT2D eigenvalue weighted by molar-refractivity contribution is 0.779. The fraction of sp³-hybridized carbons (Fsp3) is 0.0513. The monoisotopic (exact) mass is 558 g/mol. The summed E-state index contributed by atoms with van der Waals surface area (Å²) in [5.74, 6) is 1.02. The first-order chi connectivity index (χ1) is 20.8. The molecule has 202 valence electrons. The third-order valence-corrected chi connectivity index (χ3v) is 10.3. The molecular formula is C39H31N2P. The molecule has 0 amide bonds. The van der Waals surface area contributed by atoms with Crippen molar-refractivity contribution in [3.8, 4) is 33.9 Å². The first-order valence-corrected chi connectivity index (χ1v) is 15.8. The molecule has 1 aromatic heterocycles. The number of hydrogen-bond acceptors (Lipinski definition) is 1. The summed E-state index contributed by atoms with van der Waals surface area (Å²) in [5.41, 5.74) is 5.68. The van der Waals surface area contributed by atoms with Crippen molar-refractivity contribution in [2.45, 2.75) is 13.5 Å². The van der Waals surface area contributed by atoms with Crippen LogP contribution >= 0.6 is 7.92 Å². The Morgan fingerprint density at radius 1 is 0.548 bits per heavy atom. The topological polar surface area (TPSA) is 17.8 Å². The molecule has 6 aromatic carbocycles. The Labute approximate surface area is 248 Å². The summed E-state index contributed by atoms with van der Waals surface area (Å²) in [6.07, 6.45) is 0. The number of imidazole rings is 1. The molecule has 0 saturated heterocycles. The Kier molecular flexibility index (Phi) is 7.22. The molecule has 0 fully saturated rings. The molecule has 0 aliphatic heterocycles. The van der Waals surface area contributed by atoms with Gasteiger partial charge in [0.25, 0.3) is 0 Å². The van der Waals surface area contributed by atoms with E-state index in [1.165, 1.54) is 37.8 Å². The van der Waals surface area contributed by atoms with Crippen LogP contribution in [0.1, 0.15) is 6.92 Å². The van der Waals surface area contributed by atoms with Gasteiger partial charge in [-0.1, -0.05) is 158 Å². The van der Waals surface area contributed by atoms with Gasteiger partial charge in [-0.2, -0.15) is 0 Å². The van der Waals surface area contributed by atoms with Gasteiger partial charge in [0.15, 0.2) is 0 Å². The quantitative estimate of drug-likeness (QED) is 0.179. The van der Waals surface area contributed by atoms with Gasteiger partial charge in [0.05, 0.1) is 11.4 Å². The molecule has 0 aliphatic carbocycles. The van der Waals surface area contributed by atoms with Crippen LogP contribution in [0.15, 0.2) is 158 Å². The van der Waals surface area contributed by atoms with E-state index < -0.39 is 7.92 Å². The molecule has 0 aliphatic rings. The zero-order valence-electron chi connectivity index (χ0n) is 23.6. The van der Waals surface area contributed by atoms with E-state index >= 15 is 0 Å². The van der Waals surface area contributed by atoms with Crippen LogP contribution in [0.2, 0.25) is 0 Å². The fourth-order valence-corrected chi connectivity index (χ4v) is 8.36. The van der Waals surface area contributed by atoms with Gasteiger partial charge in [-0.25, -0.2) is 4.98 Å². The van der Waals surface area contributed by atoms with Crippen molar-refractivity contribution < 1.29 is 0 Å². The zero-order valence-corrected chi connectivity index (χ0v) is 24.5. The van der Waals surface area contributed by atoms with Crippen molar-refractivity contribution in [3.05, 3.63) is 158 Å². The molecule has 42 heavy (non-hydrogen) atoms. The highest BCUT2D eigenvalue weighted by Gasteiger charge is 2.27. The molecule has 0 saturated carbocycles. The summed E-state index contributed by atoms with van der Waals surface area (Å²) in [5, 5.41) is 6.43. The third kappa shape index (κ3) is 4.75. The smallest absolute Gasteiger partial charge is 0.142 e. The fourth-order valence-electron chi connectivity index (χ4n) is 5.90. The van der Waals surface area contributed by atoms with Crippen LogP contribution in [-0.2, 0) is 6.54 Å². The first kappa shape index (κ1) is 26.1. The van der Waals surface area contributed by atoms with Crippen LogP contribution in [-0.4, -0.2) is 9.55 Å². The maximum Gasteiger partial charge on any atom is 0.142 e. The van der Waals surface area contributed by atoms with Crippen LogP contribution in [0.5, 0.6) is 0 Å². The highest BCUT2D eigenvalue weighted by atomic mass is 31.1. The van der Waals surface area contributed by atoms with E-state index in [1.54, 1.807) is 0 Å². The van der Waals surface area contributed by atoms with Crippen molar-refractivity contribution in [2.75, 3.05) is 0 Å². The van der Waals surface area contributed by atoms with Crippen molar-refractivity contribution in [2.24, 2.45) is 0 Å². The third-order valence-electron chi connectivity index (χ3n) is 7.78. The minimum Gasteiger partial charge on any atom is -0.324 e. The minimum absolute atomic E-state index is 0.802. The van der Waals surface area contributed by atoms with Gasteiger partial charge >= 0.3 is 0 Å². The van der Waals surface area contributed by atoms with E-state index in [1.807, 2.05) is 0 Å². The van der Waals surface area contributed by atoms with E-state index in [2.05, 4.69) is 169 Å².